The van der Waals surface area contributed by atoms with Crippen molar-refractivity contribution in [3.63, 3.8) is 0 Å². The minimum absolute atomic E-state index is 0.265. The molecule has 0 aromatic carbocycles. The molecule has 3 rings (SSSR count). The molecule has 1 saturated heterocycles. The van der Waals surface area contributed by atoms with Crippen molar-refractivity contribution in [2.75, 3.05) is 26.6 Å². The Morgan fingerprint density at radius 1 is 1.38 bits per heavy atom. The molecule has 3 heterocycles. The smallest absolute Gasteiger partial charge is 0.167 e. The van der Waals surface area contributed by atoms with E-state index in [1.165, 1.54) is 13.4 Å². The number of rotatable bonds is 4. The Hall–Kier alpha value is -1.81. The zero-order valence-electron chi connectivity index (χ0n) is 11.7. The van der Waals surface area contributed by atoms with Crippen molar-refractivity contribution in [1.29, 1.82) is 0 Å². The summed E-state index contributed by atoms with van der Waals surface area (Å²) >= 11 is 0. The molecule has 3 N–H and O–H groups in total. The van der Waals surface area contributed by atoms with Gasteiger partial charge in [-0.3, -0.25) is 4.57 Å². The molecule has 2 aromatic rings. The molecule has 9 heteroatoms. The summed E-state index contributed by atoms with van der Waals surface area (Å²) in [7, 11) is 3.06. The number of methoxy groups -OCH3 is 2. The predicted molar refractivity (Wildman–Crippen MR) is 72.3 cm³/mol. The standard InChI is InChI=1S/C12H17N5O4/c1-19-3-6-8(18)9(20-2)12(21-6)17-5-16-7-10(13)14-4-15-11(7)17/h4-6,8-9,12,18H,3H2,1-2H3,(H2,13,14,15)/t6-,8?,9?,12-/m1/s1. The van der Waals surface area contributed by atoms with Crippen LogP contribution in [-0.4, -0.2) is 63.8 Å². The average molecular weight is 295 g/mol. The molecule has 1 aliphatic rings. The first-order chi connectivity index (χ1) is 10.2. The molecule has 9 nitrogen and oxygen atoms in total. The summed E-state index contributed by atoms with van der Waals surface area (Å²) in [6.07, 6.45) is 0.491. The summed E-state index contributed by atoms with van der Waals surface area (Å²) < 4.78 is 17.9. The van der Waals surface area contributed by atoms with Gasteiger partial charge in [0.05, 0.1) is 12.9 Å². The minimum Gasteiger partial charge on any atom is -0.387 e. The summed E-state index contributed by atoms with van der Waals surface area (Å²) in [5, 5.41) is 10.3. The molecule has 114 valence electrons. The Morgan fingerprint density at radius 2 is 2.19 bits per heavy atom. The van der Waals surface area contributed by atoms with Gasteiger partial charge in [-0.05, 0) is 0 Å². The zero-order chi connectivity index (χ0) is 15.0. The van der Waals surface area contributed by atoms with Crippen LogP contribution >= 0.6 is 0 Å². The average Bonchev–Trinajstić information content (AvgIpc) is 3.02. The zero-order valence-corrected chi connectivity index (χ0v) is 11.7. The molecule has 0 saturated carbocycles. The Kier molecular flexibility index (Phi) is 3.72. The minimum atomic E-state index is -0.809. The summed E-state index contributed by atoms with van der Waals surface area (Å²) in [6.45, 7) is 0.265. The van der Waals surface area contributed by atoms with Crippen molar-refractivity contribution in [3.05, 3.63) is 12.7 Å². The molecule has 0 aliphatic carbocycles. The fourth-order valence-corrected chi connectivity index (χ4v) is 2.56. The normalized spacial score (nSPS) is 29.3. The molecule has 1 fully saturated rings. The summed E-state index contributed by atoms with van der Waals surface area (Å²) in [5.41, 5.74) is 6.78. The van der Waals surface area contributed by atoms with E-state index in [2.05, 4.69) is 15.0 Å². The van der Waals surface area contributed by atoms with E-state index < -0.39 is 24.5 Å². The van der Waals surface area contributed by atoms with Crippen molar-refractivity contribution in [2.24, 2.45) is 0 Å². The van der Waals surface area contributed by atoms with Crippen molar-refractivity contribution in [2.45, 2.75) is 24.5 Å². The number of hydrogen-bond donors (Lipinski definition) is 2. The molecule has 0 spiro atoms. The highest BCUT2D eigenvalue weighted by Crippen LogP contribution is 2.33. The van der Waals surface area contributed by atoms with Crippen LogP contribution in [0.5, 0.6) is 0 Å². The molecular formula is C12H17N5O4. The quantitative estimate of drug-likeness (QED) is 0.762. The van der Waals surface area contributed by atoms with Gasteiger partial charge < -0.3 is 25.1 Å². The Bertz CT molecular complexity index is 633. The SMILES string of the molecule is COC[C@H]1O[C@@H](n2cnc3c(N)ncnc32)C(OC)C1O. The van der Waals surface area contributed by atoms with Crippen LogP contribution in [0.4, 0.5) is 5.82 Å². The van der Waals surface area contributed by atoms with Gasteiger partial charge in [-0.2, -0.15) is 0 Å². The first-order valence-corrected chi connectivity index (χ1v) is 6.45. The maximum Gasteiger partial charge on any atom is 0.167 e. The van der Waals surface area contributed by atoms with Gasteiger partial charge >= 0.3 is 0 Å². The highest BCUT2D eigenvalue weighted by atomic mass is 16.6. The van der Waals surface area contributed by atoms with Crippen LogP contribution in [0.15, 0.2) is 12.7 Å². The van der Waals surface area contributed by atoms with Crippen LogP contribution in [0.2, 0.25) is 0 Å². The molecular weight excluding hydrogens is 278 g/mol. The predicted octanol–water partition coefficient (Wildman–Crippen LogP) is -0.672. The summed E-state index contributed by atoms with van der Waals surface area (Å²) in [4.78, 5) is 12.3. The van der Waals surface area contributed by atoms with Crippen molar-refractivity contribution >= 4 is 17.0 Å². The van der Waals surface area contributed by atoms with Crippen LogP contribution < -0.4 is 5.73 Å². The number of imidazole rings is 1. The van der Waals surface area contributed by atoms with Gasteiger partial charge in [0.1, 0.15) is 30.2 Å². The number of aliphatic hydroxyl groups is 1. The molecule has 4 atom stereocenters. The van der Waals surface area contributed by atoms with Gasteiger partial charge in [0.25, 0.3) is 0 Å². The number of ether oxygens (including phenoxy) is 3. The highest BCUT2D eigenvalue weighted by Gasteiger charge is 2.45. The monoisotopic (exact) mass is 295 g/mol. The summed E-state index contributed by atoms with van der Waals surface area (Å²) in [5.74, 6) is 0.291. The lowest BCUT2D eigenvalue weighted by atomic mass is 10.1. The molecule has 0 bridgehead atoms. The molecule has 0 radical (unpaired) electrons. The van der Waals surface area contributed by atoms with Gasteiger partial charge in [-0.15, -0.1) is 0 Å². The Balaban J connectivity index is 1.99. The van der Waals surface area contributed by atoms with E-state index in [-0.39, 0.29) is 6.61 Å². The fourth-order valence-electron chi connectivity index (χ4n) is 2.56. The van der Waals surface area contributed by atoms with Gasteiger partial charge in [0.2, 0.25) is 0 Å². The van der Waals surface area contributed by atoms with E-state index in [0.717, 1.165) is 0 Å². The van der Waals surface area contributed by atoms with Crippen molar-refractivity contribution < 1.29 is 19.3 Å². The number of anilines is 1. The lowest BCUT2D eigenvalue weighted by Crippen LogP contribution is -2.35. The third-order valence-corrected chi connectivity index (χ3v) is 3.58. The van der Waals surface area contributed by atoms with Gasteiger partial charge in [0.15, 0.2) is 17.7 Å². The van der Waals surface area contributed by atoms with E-state index in [9.17, 15) is 5.11 Å². The van der Waals surface area contributed by atoms with Gasteiger partial charge in [-0.1, -0.05) is 0 Å². The Morgan fingerprint density at radius 3 is 2.90 bits per heavy atom. The topological polar surface area (TPSA) is 118 Å². The highest BCUT2D eigenvalue weighted by molar-refractivity contribution is 5.81. The number of nitrogen functional groups attached to an aromatic ring is 1. The third kappa shape index (κ3) is 2.23. The van der Waals surface area contributed by atoms with Crippen LogP contribution in [-0.2, 0) is 14.2 Å². The van der Waals surface area contributed by atoms with Gasteiger partial charge in [0, 0.05) is 14.2 Å². The Labute approximate surface area is 120 Å². The van der Waals surface area contributed by atoms with Crippen molar-refractivity contribution in [1.82, 2.24) is 19.5 Å². The molecule has 2 unspecified atom stereocenters. The maximum absolute atomic E-state index is 10.3. The van der Waals surface area contributed by atoms with Crippen LogP contribution in [0, 0.1) is 0 Å². The second-order valence-corrected chi connectivity index (χ2v) is 4.79. The molecule has 2 aromatic heterocycles. The van der Waals surface area contributed by atoms with Crippen LogP contribution in [0.3, 0.4) is 0 Å². The lowest BCUT2D eigenvalue weighted by molar-refractivity contribution is -0.0630. The molecule has 1 aliphatic heterocycles. The van der Waals surface area contributed by atoms with Crippen molar-refractivity contribution in [3.8, 4) is 0 Å². The van der Waals surface area contributed by atoms with Crippen LogP contribution in [0.1, 0.15) is 6.23 Å². The lowest BCUT2D eigenvalue weighted by Gasteiger charge is -2.19. The van der Waals surface area contributed by atoms with Gasteiger partial charge in [-0.25, -0.2) is 15.0 Å². The van der Waals surface area contributed by atoms with E-state index in [4.69, 9.17) is 19.9 Å². The fraction of sp³-hybridized carbons (Fsp3) is 0.583. The second-order valence-electron chi connectivity index (χ2n) is 4.79. The first-order valence-electron chi connectivity index (χ1n) is 6.45. The van der Waals surface area contributed by atoms with E-state index in [0.29, 0.717) is 17.0 Å². The molecule has 0 amide bonds. The number of aliphatic hydroxyl groups excluding tert-OH is 1. The molecule has 21 heavy (non-hydrogen) atoms. The first kappa shape index (κ1) is 14.1. The largest absolute Gasteiger partial charge is 0.387 e. The maximum atomic E-state index is 10.3. The number of nitrogens with two attached hydrogens (primary N) is 1. The van der Waals surface area contributed by atoms with E-state index in [1.807, 2.05) is 0 Å². The second kappa shape index (κ2) is 5.53. The third-order valence-electron chi connectivity index (χ3n) is 3.58. The van der Waals surface area contributed by atoms with Crippen LogP contribution in [0.25, 0.3) is 11.2 Å². The number of aromatic nitrogens is 4. The van der Waals surface area contributed by atoms with E-state index >= 15 is 0 Å². The summed E-state index contributed by atoms with van der Waals surface area (Å²) in [6, 6.07) is 0. The van der Waals surface area contributed by atoms with E-state index in [1.54, 1.807) is 18.0 Å². The number of fused-ring (bicyclic) bond motifs is 1. The number of hydrogen-bond acceptors (Lipinski definition) is 8. The number of nitrogens with zero attached hydrogens (tertiary/aromatic N) is 4.